The number of fused-ring (bicyclic) bond motifs is 4. The molecule has 1 saturated carbocycles. The van der Waals surface area contributed by atoms with E-state index in [1.54, 1.807) is 12.3 Å². The van der Waals surface area contributed by atoms with E-state index in [2.05, 4.69) is 19.9 Å². The molecule has 4 aromatic rings. The molecule has 2 unspecified atom stereocenters. The van der Waals surface area contributed by atoms with E-state index in [9.17, 15) is 0 Å². The smallest absolute Gasteiger partial charge is 0.225 e. The standard InChI is InChI=1S/C24H19Cl2FN4/c25-18-6-2-4-15-3-1-5-16(19(15)18)21-20(27)22-17(10-28-21)23(30-24(26)29-22)31-11-13-7-8-14(9-13)12-31/h1-6,10,13-14H,7-9,11-12H2. The molecule has 2 fully saturated rings. The fourth-order valence-electron chi connectivity index (χ4n) is 5.32. The summed E-state index contributed by atoms with van der Waals surface area (Å²) in [5, 5.41) is 2.90. The number of nitrogens with zero attached hydrogens (tertiary/aromatic N) is 4. The zero-order valence-corrected chi connectivity index (χ0v) is 18.2. The number of benzene rings is 2. The number of aromatic nitrogens is 3. The van der Waals surface area contributed by atoms with Crippen LogP contribution in [0.4, 0.5) is 10.2 Å². The molecular formula is C24H19Cl2FN4. The predicted octanol–water partition coefficient (Wildman–Crippen LogP) is 6.53. The topological polar surface area (TPSA) is 41.9 Å². The highest BCUT2D eigenvalue weighted by Crippen LogP contribution is 2.41. The highest BCUT2D eigenvalue weighted by Gasteiger charge is 2.34. The van der Waals surface area contributed by atoms with Crippen molar-refractivity contribution in [3.05, 3.63) is 58.7 Å². The number of halogens is 3. The first-order valence-corrected chi connectivity index (χ1v) is 11.3. The molecule has 1 saturated heterocycles. The van der Waals surface area contributed by atoms with Crippen molar-refractivity contribution in [2.24, 2.45) is 11.8 Å². The summed E-state index contributed by atoms with van der Waals surface area (Å²) in [7, 11) is 0. The fraction of sp³-hybridized carbons (Fsp3) is 0.292. The molecule has 0 N–H and O–H groups in total. The SMILES string of the molecule is Fc1c(-c2cccc3cccc(Cl)c23)ncc2c(N3CC4CCC(C4)C3)nc(Cl)nc12. The molecule has 156 valence electrons. The van der Waals surface area contributed by atoms with Crippen LogP contribution in [0.3, 0.4) is 0 Å². The minimum absolute atomic E-state index is 0.0485. The molecule has 2 aromatic heterocycles. The maximum Gasteiger partial charge on any atom is 0.225 e. The summed E-state index contributed by atoms with van der Waals surface area (Å²) < 4.78 is 15.8. The Labute approximate surface area is 189 Å². The van der Waals surface area contributed by atoms with E-state index in [0.29, 0.717) is 33.6 Å². The first-order chi connectivity index (χ1) is 15.1. The average molecular weight is 453 g/mol. The van der Waals surface area contributed by atoms with Gasteiger partial charge in [-0.15, -0.1) is 0 Å². The van der Waals surface area contributed by atoms with Gasteiger partial charge in [0.25, 0.3) is 0 Å². The normalized spacial score (nSPS) is 20.7. The van der Waals surface area contributed by atoms with Gasteiger partial charge in [-0.25, -0.2) is 9.37 Å². The molecule has 7 heteroatoms. The van der Waals surface area contributed by atoms with Crippen LogP contribution >= 0.6 is 23.2 Å². The molecule has 0 spiro atoms. The Morgan fingerprint density at radius 1 is 0.968 bits per heavy atom. The largest absolute Gasteiger partial charge is 0.355 e. The molecule has 6 rings (SSSR count). The molecule has 2 aliphatic rings. The van der Waals surface area contributed by atoms with Crippen molar-refractivity contribution < 1.29 is 4.39 Å². The summed E-state index contributed by atoms with van der Waals surface area (Å²) in [6.45, 7) is 1.84. The zero-order valence-electron chi connectivity index (χ0n) is 16.7. The highest BCUT2D eigenvalue weighted by molar-refractivity contribution is 6.36. The summed E-state index contributed by atoms with van der Waals surface area (Å²) in [6.07, 6.45) is 5.43. The van der Waals surface area contributed by atoms with E-state index in [0.717, 1.165) is 23.9 Å². The third-order valence-corrected chi connectivity index (χ3v) is 7.14. The second-order valence-electron chi connectivity index (χ2n) is 8.59. The van der Waals surface area contributed by atoms with Gasteiger partial charge in [-0.1, -0.05) is 41.9 Å². The van der Waals surface area contributed by atoms with Crippen LogP contribution in [-0.4, -0.2) is 28.0 Å². The van der Waals surface area contributed by atoms with Gasteiger partial charge in [-0.3, -0.25) is 4.98 Å². The monoisotopic (exact) mass is 452 g/mol. The first-order valence-electron chi connectivity index (χ1n) is 10.5. The van der Waals surface area contributed by atoms with Crippen molar-refractivity contribution in [2.45, 2.75) is 19.3 Å². The molecule has 3 heterocycles. The second kappa shape index (κ2) is 7.28. The lowest BCUT2D eigenvalue weighted by atomic mass is 9.98. The van der Waals surface area contributed by atoms with Gasteiger partial charge < -0.3 is 4.90 Å². The Morgan fingerprint density at radius 3 is 2.48 bits per heavy atom. The van der Waals surface area contributed by atoms with E-state index in [-0.39, 0.29) is 16.5 Å². The van der Waals surface area contributed by atoms with Crippen molar-refractivity contribution >= 4 is 50.7 Å². The van der Waals surface area contributed by atoms with Crippen molar-refractivity contribution in [3.63, 3.8) is 0 Å². The first kappa shape index (κ1) is 19.2. The summed E-state index contributed by atoms with van der Waals surface area (Å²) >= 11 is 12.7. The van der Waals surface area contributed by atoms with Crippen molar-refractivity contribution in [1.29, 1.82) is 0 Å². The second-order valence-corrected chi connectivity index (χ2v) is 9.34. The van der Waals surface area contributed by atoms with E-state index in [1.807, 2.05) is 30.3 Å². The molecule has 0 amide bonds. The summed E-state index contributed by atoms with van der Waals surface area (Å²) in [5.74, 6) is 1.51. The minimum atomic E-state index is -0.504. The van der Waals surface area contributed by atoms with E-state index < -0.39 is 5.82 Å². The Morgan fingerprint density at radius 2 is 1.71 bits per heavy atom. The molecule has 2 atom stereocenters. The Balaban J connectivity index is 1.55. The quantitative estimate of drug-likeness (QED) is 0.324. The number of hydrogen-bond donors (Lipinski definition) is 0. The Kier molecular flexibility index (Phi) is 4.51. The molecule has 2 bridgehead atoms. The number of anilines is 1. The lowest BCUT2D eigenvalue weighted by Gasteiger charge is -2.33. The Hall–Kier alpha value is -2.50. The maximum absolute atomic E-state index is 15.8. The van der Waals surface area contributed by atoms with Gasteiger partial charge in [0.05, 0.1) is 5.39 Å². The lowest BCUT2D eigenvalue weighted by molar-refractivity contribution is 0.419. The number of pyridine rings is 1. The van der Waals surface area contributed by atoms with Crippen LogP contribution in [0.25, 0.3) is 32.9 Å². The molecule has 31 heavy (non-hydrogen) atoms. The van der Waals surface area contributed by atoms with Crippen LogP contribution in [0.15, 0.2) is 42.6 Å². The lowest BCUT2D eigenvalue weighted by Crippen LogP contribution is -2.37. The van der Waals surface area contributed by atoms with Gasteiger partial charge >= 0.3 is 0 Å². The summed E-state index contributed by atoms with van der Waals surface area (Å²) in [5.41, 5.74) is 1.04. The van der Waals surface area contributed by atoms with Crippen molar-refractivity contribution in [1.82, 2.24) is 15.0 Å². The third kappa shape index (κ3) is 3.14. The van der Waals surface area contributed by atoms with Crippen LogP contribution < -0.4 is 4.90 Å². The summed E-state index contributed by atoms with van der Waals surface area (Å²) in [4.78, 5) is 15.5. The number of rotatable bonds is 2. The fourth-order valence-corrected chi connectivity index (χ4v) is 5.77. The molecular weight excluding hydrogens is 434 g/mol. The average Bonchev–Trinajstić information content (AvgIpc) is 3.11. The highest BCUT2D eigenvalue weighted by atomic mass is 35.5. The predicted molar refractivity (Wildman–Crippen MR) is 123 cm³/mol. The number of piperidine rings is 1. The maximum atomic E-state index is 15.8. The van der Waals surface area contributed by atoms with Crippen LogP contribution in [0, 0.1) is 17.7 Å². The molecule has 1 aliphatic carbocycles. The van der Waals surface area contributed by atoms with Gasteiger partial charge in [0, 0.05) is 35.3 Å². The molecule has 0 radical (unpaired) electrons. The molecule has 1 aliphatic heterocycles. The van der Waals surface area contributed by atoms with Gasteiger partial charge in [0.15, 0.2) is 5.82 Å². The van der Waals surface area contributed by atoms with Crippen LogP contribution in [-0.2, 0) is 0 Å². The Bertz CT molecular complexity index is 1330. The third-order valence-electron chi connectivity index (χ3n) is 6.65. The van der Waals surface area contributed by atoms with E-state index >= 15 is 4.39 Å². The van der Waals surface area contributed by atoms with Crippen molar-refractivity contribution in [3.8, 4) is 11.3 Å². The van der Waals surface area contributed by atoms with Crippen molar-refractivity contribution in [2.75, 3.05) is 18.0 Å². The van der Waals surface area contributed by atoms with Crippen LogP contribution in [0.5, 0.6) is 0 Å². The van der Waals surface area contributed by atoms with Gasteiger partial charge in [-0.2, -0.15) is 4.98 Å². The molecule has 4 nitrogen and oxygen atoms in total. The van der Waals surface area contributed by atoms with Gasteiger partial charge in [0.2, 0.25) is 5.28 Å². The van der Waals surface area contributed by atoms with Crippen LogP contribution in [0.1, 0.15) is 19.3 Å². The van der Waals surface area contributed by atoms with E-state index in [1.165, 1.54) is 19.3 Å². The summed E-state index contributed by atoms with van der Waals surface area (Å²) in [6, 6.07) is 11.3. The van der Waals surface area contributed by atoms with Gasteiger partial charge in [0.1, 0.15) is 17.0 Å². The molecule has 2 aromatic carbocycles. The van der Waals surface area contributed by atoms with Crippen LogP contribution in [0.2, 0.25) is 10.3 Å². The van der Waals surface area contributed by atoms with Gasteiger partial charge in [-0.05, 0) is 54.2 Å². The number of hydrogen-bond acceptors (Lipinski definition) is 4. The minimum Gasteiger partial charge on any atom is -0.355 e. The zero-order chi connectivity index (χ0) is 21.1. The van der Waals surface area contributed by atoms with E-state index in [4.69, 9.17) is 23.2 Å².